The number of aromatic carboxylic acids is 1. The lowest BCUT2D eigenvalue weighted by Gasteiger charge is -2.09. The Labute approximate surface area is 138 Å². The van der Waals surface area contributed by atoms with Crippen molar-refractivity contribution in [3.8, 4) is 28.4 Å². The fraction of sp³-hybridized carbons (Fsp3) is 0.118. The third-order valence-corrected chi connectivity index (χ3v) is 3.53. The van der Waals surface area contributed by atoms with Crippen LogP contribution in [-0.2, 0) is 0 Å². The van der Waals surface area contributed by atoms with Crippen molar-refractivity contribution in [1.82, 2.24) is 15.0 Å². The Morgan fingerprint density at radius 2 is 1.75 bits per heavy atom. The Hall–Kier alpha value is -3.35. The van der Waals surface area contributed by atoms with Crippen molar-refractivity contribution in [2.24, 2.45) is 0 Å². The second kappa shape index (κ2) is 6.41. The molecule has 0 saturated carbocycles. The van der Waals surface area contributed by atoms with Gasteiger partial charge in [-0.1, -0.05) is 17.3 Å². The number of rotatable bonds is 5. The molecule has 7 nitrogen and oxygen atoms in total. The van der Waals surface area contributed by atoms with E-state index in [9.17, 15) is 9.90 Å². The average molecular weight is 325 g/mol. The van der Waals surface area contributed by atoms with Gasteiger partial charge < -0.3 is 14.6 Å². The zero-order valence-electron chi connectivity index (χ0n) is 13.1. The molecule has 0 fully saturated rings. The van der Waals surface area contributed by atoms with E-state index in [2.05, 4.69) is 10.3 Å². The Balaban J connectivity index is 2.18. The Bertz CT molecular complexity index is 872. The summed E-state index contributed by atoms with van der Waals surface area (Å²) in [5.74, 6) is 0.166. The molecule has 0 radical (unpaired) electrons. The van der Waals surface area contributed by atoms with Crippen molar-refractivity contribution in [3.05, 3.63) is 54.2 Å². The van der Waals surface area contributed by atoms with Gasteiger partial charge in [0.1, 0.15) is 17.2 Å². The highest BCUT2D eigenvalue weighted by molar-refractivity contribution is 5.93. The van der Waals surface area contributed by atoms with Crippen LogP contribution in [-0.4, -0.2) is 40.3 Å². The number of hydrogen-bond donors (Lipinski definition) is 1. The largest absolute Gasteiger partial charge is 0.497 e. The molecule has 3 rings (SSSR count). The Kier molecular flexibility index (Phi) is 4.15. The van der Waals surface area contributed by atoms with Gasteiger partial charge in [0.25, 0.3) is 0 Å². The van der Waals surface area contributed by atoms with Gasteiger partial charge in [-0.15, -0.1) is 5.10 Å². The first kappa shape index (κ1) is 15.5. The maximum atomic E-state index is 11.5. The third-order valence-electron chi connectivity index (χ3n) is 3.53. The number of carboxylic acid groups (broad SMARTS) is 1. The number of hydrogen-bond acceptors (Lipinski definition) is 5. The number of methoxy groups -OCH3 is 2. The first-order valence-corrected chi connectivity index (χ1v) is 7.12. The summed E-state index contributed by atoms with van der Waals surface area (Å²) in [6.07, 6.45) is 0. The molecule has 0 bridgehead atoms. The summed E-state index contributed by atoms with van der Waals surface area (Å²) in [5, 5.41) is 17.2. The molecule has 7 heteroatoms. The average Bonchev–Trinajstić information content (AvgIpc) is 3.07. The van der Waals surface area contributed by atoms with Crippen LogP contribution in [0.15, 0.2) is 48.5 Å². The van der Waals surface area contributed by atoms with Gasteiger partial charge in [-0.2, -0.15) is 0 Å². The summed E-state index contributed by atoms with van der Waals surface area (Å²) in [4.78, 5) is 11.5. The predicted molar refractivity (Wildman–Crippen MR) is 86.9 cm³/mol. The molecule has 24 heavy (non-hydrogen) atoms. The highest BCUT2D eigenvalue weighted by atomic mass is 16.5. The topological polar surface area (TPSA) is 86.5 Å². The van der Waals surface area contributed by atoms with Crippen molar-refractivity contribution in [1.29, 1.82) is 0 Å². The summed E-state index contributed by atoms with van der Waals surface area (Å²) < 4.78 is 11.8. The molecule has 0 aliphatic carbocycles. The summed E-state index contributed by atoms with van der Waals surface area (Å²) in [6, 6.07) is 14.2. The summed E-state index contributed by atoms with van der Waals surface area (Å²) in [6.45, 7) is 0. The predicted octanol–water partition coefficient (Wildman–Crippen LogP) is 2.65. The lowest BCUT2D eigenvalue weighted by Crippen LogP contribution is -2.03. The van der Waals surface area contributed by atoms with E-state index in [0.29, 0.717) is 28.4 Å². The minimum absolute atomic E-state index is 0.126. The van der Waals surface area contributed by atoms with Crippen LogP contribution >= 0.6 is 0 Å². The standard InChI is InChI=1S/C17H15N3O4/c1-23-13-8-6-12(7-9-13)20-16(15(17(21)22)18-19-20)11-4-3-5-14(10-11)24-2/h3-10H,1-2H3,(H,21,22). The monoisotopic (exact) mass is 325 g/mol. The highest BCUT2D eigenvalue weighted by Crippen LogP contribution is 2.28. The van der Waals surface area contributed by atoms with Gasteiger partial charge in [0, 0.05) is 5.56 Å². The summed E-state index contributed by atoms with van der Waals surface area (Å²) >= 11 is 0. The molecule has 1 heterocycles. The number of benzene rings is 2. The van der Waals surface area contributed by atoms with E-state index in [1.807, 2.05) is 0 Å². The van der Waals surface area contributed by atoms with Crippen LogP contribution in [0.3, 0.4) is 0 Å². The smallest absolute Gasteiger partial charge is 0.358 e. The van der Waals surface area contributed by atoms with E-state index in [1.165, 1.54) is 4.68 Å². The van der Waals surface area contributed by atoms with E-state index in [-0.39, 0.29) is 5.69 Å². The summed E-state index contributed by atoms with van der Waals surface area (Å²) in [7, 11) is 3.13. The van der Waals surface area contributed by atoms with Crippen LogP contribution in [0.4, 0.5) is 0 Å². The molecular weight excluding hydrogens is 310 g/mol. The van der Waals surface area contributed by atoms with Crippen molar-refractivity contribution in [2.45, 2.75) is 0 Å². The molecule has 0 atom stereocenters. The van der Waals surface area contributed by atoms with E-state index in [4.69, 9.17) is 9.47 Å². The second-order valence-corrected chi connectivity index (χ2v) is 4.93. The molecule has 3 aromatic rings. The lowest BCUT2D eigenvalue weighted by molar-refractivity contribution is 0.0691. The van der Waals surface area contributed by atoms with Gasteiger partial charge in [0.2, 0.25) is 0 Å². The first-order valence-electron chi connectivity index (χ1n) is 7.12. The molecule has 1 aromatic heterocycles. The second-order valence-electron chi connectivity index (χ2n) is 4.93. The van der Waals surface area contributed by atoms with Crippen LogP contribution < -0.4 is 9.47 Å². The van der Waals surface area contributed by atoms with Gasteiger partial charge in [-0.3, -0.25) is 0 Å². The molecule has 122 valence electrons. The van der Waals surface area contributed by atoms with Crippen LogP contribution in [0.2, 0.25) is 0 Å². The first-order chi connectivity index (χ1) is 11.6. The van der Waals surface area contributed by atoms with Gasteiger partial charge in [0.05, 0.1) is 19.9 Å². The minimum atomic E-state index is -1.15. The van der Waals surface area contributed by atoms with E-state index in [0.717, 1.165) is 0 Å². The van der Waals surface area contributed by atoms with Crippen LogP contribution in [0, 0.1) is 0 Å². The summed E-state index contributed by atoms with van der Waals surface area (Å²) in [5.41, 5.74) is 1.58. The van der Waals surface area contributed by atoms with Gasteiger partial charge in [-0.05, 0) is 36.4 Å². The van der Waals surface area contributed by atoms with Gasteiger partial charge >= 0.3 is 5.97 Å². The molecule has 0 aliphatic rings. The molecule has 0 unspecified atom stereocenters. The Morgan fingerprint density at radius 3 is 2.38 bits per heavy atom. The SMILES string of the molecule is COc1ccc(-n2nnc(C(=O)O)c2-c2cccc(OC)c2)cc1. The molecule has 0 aliphatic heterocycles. The molecule has 1 N–H and O–H groups in total. The highest BCUT2D eigenvalue weighted by Gasteiger charge is 2.22. The normalized spacial score (nSPS) is 10.4. The maximum Gasteiger partial charge on any atom is 0.358 e. The number of nitrogens with zero attached hydrogens (tertiary/aromatic N) is 3. The zero-order chi connectivity index (χ0) is 17.1. The maximum absolute atomic E-state index is 11.5. The van der Waals surface area contributed by atoms with Crippen LogP contribution in [0.5, 0.6) is 11.5 Å². The van der Waals surface area contributed by atoms with Crippen molar-refractivity contribution < 1.29 is 19.4 Å². The fourth-order valence-electron chi connectivity index (χ4n) is 2.36. The molecule has 0 saturated heterocycles. The fourth-order valence-corrected chi connectivity index (χ4v) is 2.36. The molecule has 0 amide bonds. The van der Waals surface area contributed by atoms with Crippen molar-refractivity contribution in [3.63, 3.8) is 0 Å². The Morgan fingerprint density at radius 1 is 1.04 bits per heavy atom. The van der Waals surface area contributed by atoms with Crippen molar-refractivity contribution in [2.75, 3.05) is 14.2 Å². The quantitative estimate of drug-likeness (QED) is 0.776. The van der Waals surface area contributed by atoms with Crippen molar-refractivity contribution >= 4 is 5.97 Å². The third kappa shape index (κ3) is 2.79. The lowest BCUT2D eigenvalue weighted by atomic mass is 10.1. The molecular formula is C17H15N3O4. The number of ether oxygens (including phenoxy) is 2. The van der Waals surface area contributed by atoms with E-state index >= 15 is 0 Å². The van der Waals surface area contributed by atoms with Gasteiger partial charge in [-0.25, -0.2) is 9.48 Å². The number of carboxylic acids is 1. The molecule has 0 spiro atoms. The van der Waals surface area contributed by atoms with Gasteiger partial charge in [0.15, 0.2) is 5.69 Å². The molecule has 2 aromatic carbocycles. The van der Waals surface area contributed by atoms with Crippen LogP contribution in [0.1, 0.15) is 10.5 Å². The minimum Gasteiger partial charge on any atom is -0.497 e. The van der Waals surface area contributed by atoms with Crippen LogP contribution in [0.25, 0.3) is 16.9 Å². The number of carbonyl (C=O) groups is 1. The number of aromatic nitrogens is 3. The van der Waals surface area contributed by atoms with E-state index in [1.54, 1.807) is 62.8 Å². The zero-order valence-corrected chi connectivity index (χ0v) is 13.1. The van der Waals surface area contributed by atoms with E-state index < -0.39 is 5.97 Å².